The minimum Gasteiger partial charge on any atom is -0.456 e. The van der Waals surface area contributed by atoms with Gasteiger partial charge in [-0.05, 0) is 146 Å². The van der Waals surface area contributed by atoms with Crippen molar-refractivity contribution in [3.05, 3.63) is 203 Å². The zero-order chi connectivity index (χ0) is 37.7. The number of hydrogen-bond acceptors (Lipinski definition) is 1. The summed E-state index contributed by atoms with van der Waals surface area (Å²) in [6, 6.07) is 64.6. The van der Waals surface area contributed by atoms with Gasteiger partial charge in [-0.3, -0.25) is 0 Å². The van der Waals surface area contributed by atoms with Gasteiger partial charge in [-0.15, -0.1) is 0 Å². The predicted octanol–water partition coefficient (Wildman–Crippen LogP) is 14.4. The second kappa shape index (κ2) is 11.3. The molecule has 276 valence electrons. The maximum Gasteiger partial charge on any atom is 0.140 e. The van der Waals surface area contributed by atoms with Gasteiger partial charge in [0.2, 0.25) is 0 Å². The highest BCUT2D eigenvalue weighted by Gasteiger charge is 2.61. The Balaban J connectivity index is 1.03. The van der Waals surface area contributed by atoms with Crippen molar-refractivity contribution in [2.75, 3.05) is 0 Å². The van der Waals surface area contributed by atoms with E-state index in [1.54, 1.807) is 11.1 Å². The first-order chi connectivity index (χ1) is 28.7. The molecule has 0 N–H and O–H groups in total. The summed E-state index contributed by atoms with van der Waals surface area (Å²) in [6.45, 7) is 0. The van der Waals surface area contributed by atoms with Gasteiger partial charge in [0, 0.05) is 21.9 Å². The Hall–Kier alpha value is -6.18. The van der Waals surface area contributed by atoms with Gasteiger partial charge in [0.1, 0.15) is 11.5 Å². The quantitative estimate of drug-likeness (QED) is 0.171. The van der Waals surface area contributed by atoms with Crippen molar-refractivity contribution in [3.8, 4) is 56.0 Å². The zero-order valence-corrected chi connectivity index (χ0v) is 32.4. The van der Waals surface area contributed by atoms with Crippen LogP contribution in [0, 0.1) is 23.7 Å². The molecule has 1 heterocycles. The maximum atomic E-state index is 7.10. The molecular formula is C57H42O. The lowest BCUT2D eigenvalue weighted by Crippen LogP contribution is -2.55. The third kappa shape index (κ3) is 3.80. The molecule has 8 aromatic carbocycles. The molecule has 2 spiro atoms. The minimum atomic E-state index is -0.531. The molecule has 4 bridgehead atoms. The highest BCUT2D eigenvalue weighted by molar-refractivity contribution is 6.06. The smallest absolute Gasteiger partial charge is 0.140 e. The van der Waals surface area contributed by atoms with Crippen molar-refractivity contribution in [2.24, 2.45) is 23.7 Å². The standard InChI is InChI=1S/C57H42O/c1-2-14-40(39(13-1)36-25-26-45-44-18-5-8-20-48(44)56(52(45)32-36)37-28-34-27-35(30-37)31-38(56)29-34)47-33-53-55(46-19-4-3-15-41(46)47)58-54-24-12-11-23-51(54)57(53)49-21-9-6-16-42(49)43-17-7-10-22-50(43)57/h1-26,32-35,37-38H,27-31H2. The Kier molecular flexibility index (Phi) is 6.19. The first-order valence-electron chi connectivity index (χ1n) is 21.6. The Morgan fingerprint density at radius 2 is 0.879 bits per heavy atom. The van der Waals surface area contributed by atoms with Crippen molar-refractivity contribution >= 4 is 10.8 Å². The van der Waals surface area contributed by atoms with E-state index < -0.39 is 5.41 Å². The molecule has 1 heteroatoms. The van der Waals surface area contributed by atoms with Crippen LogP contribution in [0.2, 0.25) is 0 Å². The summed E-state index contributed by atoms with van der Waals surface area (Å²) < 4.78 is 7.10. The Bertz CT molecular complexity index is 3000. The predicted molar refractivity (Wildman–Crippen MR) is 235 cm³/mol. The van der Waals surface area contributed by atoms with E-state index in [9.17, 15) is 0 Å². The largest absolute Gasteiger partial charge is 0.456 e. The fraction of sp³-hybridized carbons (Fsp3) is 0.193. The van der Waals surface area contributed by atoms with E-state index in [1.807, 2.05) is 0 Å². The maximum absolute atomic E-state index is 7.10. The van der Waals surface area contributed by atoms with Gasteiger partial charge in [0.15, 0.2) is 0 Å². The van der Waals surface area contributed by atoms with Crippen LogP contribution < -0.4 is 4.74 Å². The first kappa shape index (κ1) is 31.9. The van der Waals surface area contributed by atoms with Gasteiger partial charge < -0.3 is 4.74 Å². The molecule has 7 aliphatic rings. The molecule has 0 radical (unpaired) electrons. The third-order valence-corrected chi connectivity index (χ3v) is 15.9. The third-order valence-electron chi connectivity index (χ3n) is 15.9. The van der Waals surface area contributed by atoms with Gasteiger partial charge in [-0.2, -0.15) is 0 Å². The first-order valence-corrected chi connectivity index (χ1v) is 21.6. The van der Waals surface area contributed by atoms with Crippen LogP contribution in [0.1, 0.15) is 65.5 Å². The summed E-state index contributed by atoms with van der Waals surface area (Å²) in [5, 5.41) is 2.37. The van der Waals surface area contributed by atoms with Crippen LogP contribution in [0.25, 0.3) is 55.3 Å². The second-order valence-electron chi connectivity index (χ2n) is 18.3. The molecule has 4 fully saturated rings. The minimum absolute atomic E-state index is 0.128. The normalized spacial score (nSPS) is 24.2. The molecule has 0 atom stereocenters. The SMILES string of the molecule is c1ccc2c(c1)Oc1c(cc(-c3ccccc3-c3ccc4c(c3)C3(c5ccccc5-4)C4CC5CC(C4)CC3C5)c3ccccc13)C21c2ccccc2-c2ccccc21. The van der Waals surface area contributed by atoms with Gasteiger partial charge in [-0.1, -0.05) is 152 Å². The Morgan fingerprint density at radius 3 is 1.57 bits per heavy atom. The van der Waals surface area contributed by atoms with Gasteiger partial charge in [0.05, 0.1) is 5.41 Å². The van der Waals surface area contributed by atoms with E-state index in [-0.39, 0.29) is 5.41 Å². The van der Waals surface area contributed by atoms with Crippen LogP contribution in [0.5, 0.6) is 11.5 Å². The summed E-state index contributed by atoms with van der Waals surface area (Å²) >= 11 is 0. The number of hydrogen-bond donors (Lipinski definition) is 0. The topological polar surface area (TPSA) is 9.23 Å². The van der Waals surface area contributed by atoms with Crippen molar-refractivity contribution < 1.29 is 4.74 Å². The highest BCUT2D eigenvalue weighted by Crippen LogP contribution is 2.70. The van der Waals surface area contributed by atoms with Gasteiger partial charge in [0.25, 0.3) is 0 Å². The van der Waals surface area contributed by atoms with Crippen molar-refractivity contribution in [1.82, 2.24) is 0 Å². The zero-order valence-electron chi connectivity index (χ0n) is 32.4. The molecule has 6 aliphatic carbocycles. The van der Waals surface area contributed by atoms with Crippen LogP contribution in [0.3, 0.4) is 0 Å². The molecule has 0 saturated heterocycles. The van der Waals surface area contributed by atoms with Crippen LogP contribution in [0.4, 0.5) is 0 Å². The highest BCUT2D eigenvalue weighted by atomic mass is 16.5. The van der Waals surface area contributed by atoms with E-state index in [0.717, 1.165) is 40.6 Å². The van der Waals surface area contributed by atoms with Gasteiger partial charge >= 0.3 is 0 Å². The lowest BCUT2D eigenvalue weighted by Gasteiger charge is -2.61. The Labute approximate surface area is 340 Å². The number of rotatable bonds is 2. The molecule has 4 saturated carbocycles. The summed E-state index contributed by atoms with van der Waals surface area (Å²) in [7, 11) is 0. The summed E-state index contributed by atoms with van der Waals surface area (Å²) in [5.41, 5.74) is 18.6. The molecular weight excluding hydrogens is 701 g/mol. The number of para-hydroxylation sites is 1. The fourth-order valence-electron chi connectivity index (χ4n) is 14.2. The molecule has 15 rings (SSSR count). The number of benzene rings is 8. The summed E-state index contributed by atoms with van der Waals surface area (Å²) in [6.07, 6.45) is 7.03. The summed E-state index contributed by atoms with van der Waals surface area (Å²) in [5.74, 6) is 5.20. The van der Waals surface area contributed by atoms with E-state index >= 15 is 0 Å². The van der Waals surface area contributed by atoms with Crippen LogP contribution >= 0.6 is 0 Å². The second-order valence-corrected chi connectivity index (χ2v) is 18.3. The van der Waals surface area contributed by atoms with E-state index in [1.165, 1.54) is 104 Å². The van der Waals surface area contributed by atoms with Crippen LogP contribution in [-0.4, -0.2) is 0 Å². The van der Waals surface area contributed by atoms with Crippen LogP contribution in [0.15, 0.2) is 170 Å². The number of fused-ring (bicyclic) bond motifs is 14. The molecule has 0 unspecified atom stereocenters. The molecule has 0 aromatic heterocycles. The molecule has 0 amide bonds. The molecule has 1 aliphatic heterocycles. The molecule has 1 nitrogen and oxygen atoms in total. The van der Waals surface area contributed by atoms with E-state index in [2.05, 4.69) is 170 Å². The lowest BCUT2D eigenvalue weighted by atomic mass is 9.43. The summed E-state index contributed by atoms with van der Waals surface area (Å²) in [4.78, 5) is 0. The average molecular weight is 743 g/mol. The monoisotopic (exact) mass is 742 g/mol. The van der Waals surface area contributed by atoms with Crippen molar-refractivity contribution in [2.45, 2.75) is 42.9 Å². The van der Waals surface area contributed by atoms with E-state index in [0.29, 0.717) is 0 Å². The van der Waals surface area contributed by atoms with Gasteiger partial charge in [-0.25, -0.2) is 0 Å². The molecule has 58 heavy (non-hydrogen) atoms. The Morgan fingerprint density at radius 1 is 0.362 bits per heavy atom. The van der Waals surface area contributed by atoms with E-state index in [4.69, 9.17) is 4.74 Å². The van der Waals surface area contributed by atoms with Crippen LogP contribution in [-0.2, 0) is 10.8 Å². The molecule has 8 aromatic rings. The van der Waals surface area contributed by atoms with Crippen molar-refractivity contribution in [1.29, 1.82) is 0 Å². The average Bonchev–Trinajstić information content (AvgIpc) is 3.73. The fourth-order valence-corrected chi connectivity index (χ4v) is 14.2. The van der Waals surface area contributed by atoms with Crippen molar-refractivity contribution in [3.63, 3.8) is 0 Å². The lowest BCUT2D eigenvalue weighted by molar-refractivity contribution is -0.0399. The number of ether oxygens (including phenoxy) is 1.